The van der Waals surface area contributed by atoms with Gasteiger partial charge in [0.2, 0.25) is 0 Å². The molecule has 10 nitrogen and oxygen atoms in total. The highest BCUT2D eigenvalue weighted by atomic mass is 19.4. The summed E-state index contributed by atoms with van der Waals surface area (Å²) in [5.41, 5.74) is 4.01. The Morgan fingerprint density at radius 3 is 1.98 bits per heavy atom. The monoisotopic (exact) mass is 623 g/mol. The van der Waals surface area contributed by atoms with Crippen LogP contribution in [0, 0.1) is 5.92 Å². The van der Waals surface area contributed by atoms with Crippen molar-refractivity contribution < 1.29 is 50.9 Å². The number of carboxylic acid groups (broad SMARTS) is 2. The molecule has 240 valence electrons. The number of carboxylic acids is 2. The molecule has 1 aliphatic rings. The number of carbonyl (C=O) groups excluding carboxylic acids is 1. The van der Waals surface area contributed by atoms with E-state index in [0.717, 1.165) is 50.4 Å². The second kappa shape index (κ2) is 16.6. The molecule has 4 N–H and O–H groups in total. The summed E-state index contributed by atoms with van der Waals surface area (Å²) in [5, 5.41) is 20.7. The van der Waals surface area contributed by atoms with Crippen LogP contribution in [0.15, 0.2) is 30.5 Å². The van der Waals surface area contributed by atoms with Crippen molar-refractivity contribution in [3.63, 3.8) is 0 Å². The van der Waals surface area contributed by atoms with Gasteiger partial charge in [0.15, 0.2) is 0 Å². The van der Waals surface area contributed by atoms with E-state index >= 15 is 0 Å². The maximum absolute atomic E-state index is 12.8. The lowest BCUT2D eigenvalue weighted by Crippen LogP contribution is -2.31. The Kier molecular flexibility index (Phi) is 14.3. The zero-order valence-electron chi connectivity index (χ0n) is 24.0. The van der Waals surface area contributed by atoms with E-state index in [4.69, 9.17) is 24.8 Å². The van der Waals surface area contributed by atoms with E-state index in [0.29, 0.717) is 17.3 Å². The van der Waals surface area contributed by atoms with Crippen LogP contribution in [0.1, 0.15) is 55.0 Å². The summed E-state index contributed by atoms with van der Waals surface area (Å²) in [6.45, 7) is 11.8. The van der Waals surface area contributed by atoms with E-state index in [9.17, 15) is 31.1 Å². The fourth-order valence-corrected chi connectivity index (χ4v) is 3.51. The standard InChI is InChI=1S/C23H33N5O.2C2HF3O2/c1-16(2)14-25-22-20(23(29)26-17(3)4)13-18-8-11-28(12-9-21(18)27-22)15-19-7-5-6-10-24-19;2*3-2(4,5)1(6)7/h5-7,10,13,16-17H,8-9,11-12,14-15H2,1-4H3,(H,25,27)(H,26,29);2*(H,6,7). The largest absolute Gasteiger partial charge is 0.490 e. The summed E-state index contributed by atoms with van der Waals surface area (Å²) in [5.74, 6) is -4.39. The molecule has 3 heterocycles. The fourth-order valence-electron chi connectivity index (χ4n) is 3.51. The minimum atomic E-state index is -5.08. The molecule has 0 spiro atoms. The lowest BCUT2D eigenvalue weighted by molar-refractivity contribution is -0.193. The van der Waals surface area contributed by atoms with Gasteiger partial charge in [-0.2, -0.15) is 26.3 Å². The zero-order valence-corrected chi connectivity index (χ0v) is 24.0. The third-order valence-corrected chi connectivity index (χ3v) is 5.49. The summed E-state index contributed by atoms with van der Waals surface area (Å²) >= 11 is 0. The van der Waals surface area contributed by atoms with Crippen LogP contribution < -0.4 is 10.6 Å². The van der Waals surface area contributed by atoms with Crippen LogP contribution in [-0.4, -0.2) is 81.0 Å². The molecule has 0 atom stereocenters. The Bertz CT molecular complexity index is 1180. The molecule has 0 fully saturated rings. The van der Waals surface area contributed by atoms with Gasteiger partial charge in [-0.1, -0.05) is 19.9 Å². The molecule has 0 saturated carbocycles. The summed E-state index contributed by atoms with van der Waals surface area (Å²) in [6, 6.07) is 8.18. The third kappa shape index (κ3) is 14.2. The van der Waals surface area contributed by atoms with Crippen molar-refractivity contribution in [3.05, 3.63) is 53.0 Å². The molecule has 0 aliphatic carbocycles. The number of alkyl halides is 6. The van der Waals surface area contributed by atoms with E-state index in [1.807, 2.05) is 38.2 Å². The van der Waals surface area contributed by atoms with Gasteiger partial charge in [0.25, 0.3) is 5.91 Å². The number of nitrogens with zero attached hydrogens (tertiary/aromatic N) is 3. The Morgan fingerprint density at radius 2 is 1.51 bits per heavy atom. The maximum Gasteiger partial charge on any atom is 0.490 e. The molecule has 1 amide bonds. The van der Waals surface area contributed by atoms with Gasteiger partial charge < -0.3 is 20.8 Å². The van der Waals surface area contributed by atoms with Crippen LogP contribution in [0.5, 0.6) is 0 Å². The molecule has 2 aromatic rings. The van der Waals surface area contributed by atoms with Gasteiger partial charge in [0.1, 0.15) is 5.82 Å². The first-order valence-corrected chi connectivity index (χ1v) is 13.1. The number of pyridine rings is 2. The highest BCUT2D eigenvalue weighted by Gasteiger charge is 2.38. The number of nitrogens with one attached hydrogen (secondary N) is 2. The molecule has 0 aromatic carbocycles. The number of fused-ring (bicyclic) bond motifs is 1. The maximum atomic E-state index is 12.8. The topological polar surface area (TPSA) is 145 Å². The zero-order chi connectivity index (χ0) is 33.0. The van der Waals surface area contributed by atoms with Crippen molar-refractivity contribution in [2.75, 3.05) is 25.0 Å². The van der Waals surface area contributed by atoms with Crippen LogP contribution in [0.2, 0.25) is 0 Å². The predicted molar refractivity (Wildman–Crippen MR) is 144 cm³/mol. The average Bonchev–Trinajstić information content (AvgIpc) is 3.08. The SMILES string of the molecule is CC(C)CNc1nc2c(cc1C(=O)NC(C)C)CCN(Cc1ccccn1)CC2.O=C(O)C(F)(F)F.O=C(O)C(F)(F)F. The van der Waals surface area contributed by atoms with E-state index in [-0.39, 0.29) is 11.9 Å². The predicted octanol–water partition coefficient (Wildman–Crippen LogP) is 4.55. The molecule has 1 aliphatic heterocycles. The summed E-state index contributed by atoms with van der Waals surface area (Å²) in [6.07, 6.45) is -6.55. The second-order valence-corrected chi connectivity index (χ2v) is 10.1. The van der Waals surface area contributed by atoms with Crippen LogP contribution in [0.4, 0.5) is 32.2 Å². The van der Waals surface area contributed by atoms with Gasteiger partial charge in [-0.15, -0.1) is 0 Å². The van der Waals surface area contributed by atoms with Gasteiger partial charge in [-0.25, -0.2) is 14.6 Å². The first-order chi connectivity index (χ1) is 19.8. The molecule has 0 bridgehead atoms. The van der Waals surface area contributed by atoms with Crippen molar-refractivity contribution in [2.45, 2.75) is 65.5 Å². The average molecular weight is 624 g/mol. The number of amides is 1. The van der Waals surface area contributed by atoms with Gasteiger partial charge in [-0.3, -0.25) is 14.7 Å². The number of carbonyl (C=O) groups is 3. The highest BCUT2D eigenvalue weighted by molar-refractivity contribution is 5.99. The summed E-state index contributed by atoms with van der Waals surface area (Å²) in [7, 11) is 0. The van der Waals surface area contributed by atoms with Crippen LogP contribution >= 0.6 is 0 Å². The lowest BCUT2D eigenvalue weighted by Gasteiger charge is -2.18. The Hall–Kier alpha value is -3.95. The molecule has 0 saturated heterocycles. The molecular formula is C27H35F6N5O5. The minimum Gasteiger partial charge on any atom is -0.475 e. The summed E-state index contributed by atoms with van der Waals surface area (Å²) < 4.78 is 63.5. The van der Waals surface area contributed by atoms with Gasteiger partial charge in [0.05, 0.1) is 11.3 Å². The minimum absolute atomic E-state index is 0.0591. The van der Waals surface area contributed by atoms with E-state index in [1.54, 1.807) is 0 Å². The third-order valence-electron chi connectivity index (χ3n) is 5.49. The number of aliphatic carboxylic acids is 2. The molecular weight excluding hydrogens is 588 g/mol. The first kappa shape index (κ1) is 37.1. The number of rotatable bonds is 7. The van der Waals surface area contributed by atoms with Crippen molar-refractivity contribution in [2.24, 2.45) is 5.92 Å². The fraction of sp³-hybridized carbons (Fsp3) is 0.519. The van der Waals surface area contributed by atoms with E-state index in [2.05, 4.69) is 40.4 Å². The summed E-state index contributed by atoms with van der Waals surface area (Å²) in [4.78, 5) is 42.3. The van der Waals surface area contributed by atoms with Gasteiger partial charge in [-0.05, 0) is 49.9 Å². The van der Waals surface area contributed by atoms with Crippen molar-refractivity contribution in [3.8, 4) is 0 Å². The van der Waals surface area contributed by atoms with Crippen molar-refractivity contribution in [1.29, 1.82) is 0 Å². The van der Waals surface area contributed by atoms with Crippen LogP contribution in [0.25, 0.3) is 0 Å². The quantitative estimate of drug-likeness (QED) is 0.327. The lowest BCUT2D eigenvalue weighted by atomic mass is 10.0. The smallest absolute Gasteiger partial charge is 0.475 e. The number of halogens is 6. The molecule has 0 unspecified atom stereocenters. The van der Waals surface area contributed by atoms with Crippen LogP contribution in [-0.2, 0) is 29.0 Å². The number of anilines is 1. The molecule has 2 aromatic heterocycles. The molecule has 16 heteroatoms. The van der Waals surface area contributed by atoms with Gasteiger partial charge >= 0.3 is 24.3 Å². The second-order valence-electron chi connectivity index (χ2n) is 10.1. The Labute approximate surface area is 244 Å². The Morgan fingerprint density at radius 1 is 0.953 bits per heavy atom. The number of hydrogen-bond donors (Lipinski definition) is 4. The van der Waals surface area contributed by atoms with Crippen molar-refractivity contribution in [1.82, 2.24) is 20.2 Å². The van der Waals surface area contributed by atoms with E-state index < -0.39 is 24.3 Å². The first-order valence-electron chi connectivity index (χ1n) is 13.1. The highest BCUT2D eigenvalue weighted by Crippen LogP contribution is 2.23. The normalized spacial score (nSPS) is 13.5. The molecule has 0 radical (unpaired) electrons. The van der Waals surface area contributed by atoms with E-state index in [1.165, 1.54) is 5.56 Å². The van der Waals surface area contributed by atoms with Crippen LogP contribution in [0.3, 0.4) is 0 Å². The Balaban J connectivity index is 0.000000548. The van der Waals surface area contributed by atoms with Gasteiger partial charge in [0, 0.05) is 50.5 Å². The number of hydrogen-bond acceptors (Lipinski definition) is 7. The number of aromatic nitrogens is 2. The van der Waals surface area contributed by atoms with Crippen molar-refractivity contribution >= 4 is 23.7 Å². The molecule has 43 heavy (non-hydrogen) atoms. The molecule has 3 rings (SSSR count).